The zero-order valence-corrected chi connectivity index (χ0v) is 11.4. The zero-order chi connectivity index (χ0) is 13.7. The maximum atomic E-state index is 12.0. The number of carbonyl (C=O) groups is 1. The summed E-state index contributed by atoms with van der Waals surface area (Å²) in [5.41, 5.74) is 6.55. The number of carbonyl (C=O) groups excluding carboxylic acids is 1. The van der Waals surface area contributed by atoms with Crippen molar-refractivity contribution in [3.8, 4) is 5.75 Å². The van der Waals surface area contributed by atoms with Crippen molar-refractivity contribution < 1.29 is 14.3 Å². The first-order valence-corrected chi connectivity index (χ1v) is 6.08. The van der Waals surface area contributed by atoms with E-state index in [0.717, 1.165) is 6.42 Å². The van der Waals surface area contributed by atoms with Gasteiger partial charge in [0.2, 0.25) is 0 Å². The molecule has 0 fully saturated rings. The predicted molar refractivity (Wildman–Crippen MR) is 71.7 cm³/mol. The number of esters is 1. The van der Waals surface area contributed by atoms with E-state index in [1.54, 1.807) is 18.2 Å². The molecule has 0 aliphatic carbocycles. The molecule has 2 N–H and O–H groups in total. The number of anilines is 1. The van der Waals surface area contributed by atoms with Crippen LogP contribution in [0.5, 0.6) is 5.75 Å². The van der Waals surface area contributed by atoms with Gasteiger partial charge in [-0.25, -0.2) is 4.79 Å². The molecule has 1 rings (SSSR count). The van der Waals surface area contributed by atoms with Crippen LogP contribution < -0.4 is 10.5 Å². The standard InChI is InChI=1S/C14H21NO3/c1-9(2)7-10(3)18-14(16)12-8-11(15)5-6-13(12)17-4/h5-6,8-10H,7,15H2,1-4H3. The maximum absolute atomic E-state index is 12.0. The number of methoxy groups -OCH3 is 1. The molecule has 0 radical (unpaired) electrons. The lowest BCUT2D eigenvalue weighted by Crippen LogP contribution is -2.17. The lowest BCUT2D eigenvalue weighted by molar-refractivity contribution is 0.0296. The number of benzene rings is 1. The van der Waals surface area contributed by atoms with Crippen molar-refractivity contribution in [2.75, 3.05) is 12.8 Å². The molecule has 4 nitrogen and oxygen atoms in total. The fourth-order valence-corrected chi connectivity index (χ4v) is 1.84. The molecule has 0 aliphatic rings. The Labute approximate surface area is 108 Å². The fraction of sp³-hybridized carbons (Fsp3) is 0.500. The van der Waals surface area contributed by atoms with Gasteiger partial charge in [-0.05, 0) is 37.5 Å². The molecule has 0 saturated carbocycles. The predicted octanol–water partition coefficient (Wildman–Crippen LogP) is 2.87. The van der Waals surface area contributed by atoms with E-state index in [2.05, 4.69) is 13.8 Å². The highest BCUT2D eigenvalue weighted by Gasteiger charge is 2.17. The van der Waals surface area contributed by atoms with E-state index in [4.69, 9.17) is 15.2 Å². The minimum Gasteiger partial charge on any atom is -0.496 e. The summed E-state index contributed by atoms with van der Waals surface area (Å²) in [6, 6.07) is 4.93. The second kappa shape index (κ2) is 6.28. The summed E-state index contributed by atoms with van der Waals surface area (Å²) in [5, 5.41) is 0. The Morgan fingerprint density at radius 1 is 1.33 bits per heavy atom. The number of ether oxygens (including phenoxy) is 2. The van der Waals surface area contributed by atoms with Crippen LogP contribution in [0.25, 0.3) is 0 Å². The molecule has 1 aromatic carbocycles. The first kappa shape index (κ1) is 14.4. The summed E-state index contributed by atoms with van der Waals surface area (Å²) >= 11 is 0. The van der Waals surface area contributed by atoms with Gasteiger partial charge in [0.05, 0.1) is 13.2 Å². The summed E-state index contributed by atoms with van der Waals surface area (Å²) < 4.78 is 10.5. The molecule has 100 valence electrons. The van der Waals surface area contributed by atoms with Gasteiger partial charge in [0, 0.05) is 5.69 Å². The van der Waals surface area contributed by atoms with E-state index in [0.29, 0.717) is 22.9 Å². The van der Waals surface area contributed by atoms with Crippen molar-refractivity contribution in [3.63, 3.8) is 0 Å². The lowest BCUT2D eigenvalue weighted by Gasteiger charge is -2.16. The van der Waals surface area contributed by atoms with Crippen LogP contribution in [0.4, 0.5) is 5.69 Å². The Hall–Kier alpha value is -1.71. The molecule has 0 heterocycles. The Balaban J connectivity index is 2.80. The van der Waals surface area contributed by atoms with Crippen molar-refractivity contribution in [2.24, 2.45) is 5.92 Å². The monoisotopic (exact) mass is 251 g/mol. The van der Waals surface area contributed by atoms with Crippen LogP contribution in [0.1, 0.15) is 37.6 Å². The smallest absolute Gasteiger partial charge is 0.342 e. The van der Waals surface area contributed by atoms with Crippen LogP contribution in [-0.4, -0.2) is 19.2 Å². The molecule has 18 heavy (non-hydrogen) atoms. The van der Waals surface area contributed by atoms with Crippen LogP contribution in [0.15, 0.2) is 18.2 Å². The molecule has 0 amide bonds. The van der Waals surface area contributed by atoms with E-state index in [1.807, 2.05) is 6.92 Å². The molecular formula is C14H21NO3. The van der Waals surface area contributed by atoms with E-state index >= 15 is 0 Å². The fourth-order valence-electron chi connectivity index (χ4n) is 1.84. The number of nitrogens with two attached hydrogens (primary N) is 1. The van der Waals surface area contributed by atoms with Crippen LogP contribution in [0.2, 0.25) is 0 Å². The van der Waals surface area contributed by atoms with Gasteiger partial charge in [-0.2, -0.15) is 0 Å². The zero-order valence-electron chi connectivity index (χ0n) is 11.4. The molecule has 1 atom stereocenters. The molecule has 0 aliphatic heterocycles. The molecular weight excluding hydrogens is 230 g/mol. The summed E-state index contributed by atoms with van der Waals surface area (Å²) in [4.78, 5) is 12.0. The van der Waals surface area contributed by atoms with E-state index in [1.165, 1.54) is 7.11 Å². The van der Waals surface area contributed by atoms with E-state index < -0.39 is 5.97 Å². The summed E-state index contributed by atoms with van der Waals surface area (Å²) in [7, 11) is 1.51. The minimum absolute atomic E-state index is 0.122. The van der Waals surface area contributed by atoms with Gasteiger partial charge in [0.15, 0.2) is 0 Å². The largest absolute Gasteiger partial charge is 0.496 e. The SMILES string of the molecule is COc1ccc(N)cc1C(=O)OC(C)CC(C)C. The highest BCUT2D eigenvalue weighted by molar-refractivity contribution is 5.93. The molecule has 1 aromatic rings. The molecule has 0 spiro atoms. The summed E-state index contributed by atoms with van der Waals surface area (Å²) in [6.07, 6.45) is 0.708. The number of nitrogen functional groups attached to an aromatic ring is 1. The van der Waals surface area contributed by atoms with E-state index in [-0.39, 0.29) is 6.10 Å². The Bertz CT molecular complexity index is 416. The molecule has 1 unspecified atom stereocenters. The lowest BCUT2D eigenvalue weighted by atomic mass is 10.1. The molecule has 0 aromatic heterocycles. The van der Waals surface area contributed by atoms with Gasteiger partial charge in [0.25, 0.3) is 0 Å². The average Bonchev–Trinajstić information content (AvgIpc) is 2.27. The van der Waals surface area contributed by atoms with Gasteiger partial charge >= 0.3 is 5.97 Å². The van der Waals surface area contributed by atoms with Crippen molar-refractivity contribution >= 4 is 11.7 Å². The number of hydrogen-bond donors (Lipinski definition) is 1. The second-order valence-electron chi connectivity index (χ2n) is 4.81. The number of rotatable bonds is 5. The second-order valence-corrected chi connectivity index (χ2v) is 4.81. The minimum atomic E-state index is -0.396. The topological polar surface area (TPSA) is 61.5 Å². The molecule has 4 heteroatoms. The Morgan fingerprint density at radius 2 is 2.00 bits per heavy atom. The third-order valence-electron chi connectivity index (χ3n) is 2.56. The van der Waals surface area contributed by atoms with Gasteiger partial charge in [-0.15, -0.1) is 0 Å². The van der Waals surface area contributed by atoms with Crippen LogP contribution in [0.3, 0.4) is 0 Å². The van der Waals surface area contributed by atoms with Crippen LogP contribution in [0, 0.1) is 5.92 Å². The van der Waals surface area contributed by atoms with Crippen LogP contribution >= 0.6 is 0 Å². The normalized spacial score (nSPS) is 12.3. The first-order chi connectivity index (χ1) is 8.43. The van der Waals surface area contributed by atoms with Crippen molar-refractivity contribution in [3.05, 3.63) is 23.8 Å². The third kappa shape index (κ3) is 3.95. The molecule has 0 saturated heterocycles. The van der Waals surface area contributed by atoms with Crippen molar-refractivity contribution in [1.82, 2.24) is 0 Å². The average molecular weight is 251 g/mol. The first-order valence-electron chi connectivity index (χ1n) is 6.08. The Kier molecular flexibility index (Phi) is 5.01. The van der Waals surface area contributed by atoms with Gasteiger partial charge in [-0.1, -0.05) is 13.8 Å². The third-order valence-corrected chi connectivity index (χ3v) is 2.56. The molecule has 0 bridgehead atoms. The quantitative estimate of drug-likeness (QED) is 0.645. The van der Waals surface area contributed by atoms with E-state index in [9.17, 15) is 4.79 Å². The highest BCUT2D eigenvalue weighted by Crippen LogP contribution is 2.23. The van der Waals surface area contributed by atoms with Crippen molar-refractivity contribution in [2.45, 2.75) is 33.3 Å². The highest BCUT2D eigenvalue weighted by atomic mass is 16.5. The van der Waals surface area contributed by atoms with Gasteiger partial charge in [0.1, 0.15) is 11.3 Å². The summed E-state index contributed by atoms with van der Waals surface area (Å²) in [6.45, 7) is 6.06. The Morgan fingerprint density at radius 3 is 2.56 bits per heavy atom. The van der Waals surface area contributed by atoms with Crippen LogP contribution in [-0.2, 0) is 4.74 Å². The maximum Gasteiger partial charge on any atom is 0.342 e. The van der Waals surface area contributed by atoms with Gasteiger partial charge < -0.3 is 15.2 Å². The summed E-state index contributed by atoms with van der Waals surface area (Å²) in [5.74, 6) is 0.564. The van der Waals surface area contributed by atoms with Gasteiger partial charge in [-0.3, -0.25) is 0 Å². The number of hydrogen-bond acceptors (Lipinski definition) is 4. The van der Waals surface area contributed by atoms with Crippen molar-refractivity contribution in [1.29, 1.82) is 0 Å².